The van der Waals surface area contributed by atoms with Crippen LogP contribution in [0.4, 0.5) is 17.1 Å². The van der Waals surface area contributed by atoms with Crippen molar-refractivity contribution in [2.24, 2.45) is 5.92 Å². The molecule has 0 saturated carbocycles. The molecule has 4 rings (SSSR count). The van der Waals surface area contributed by atoms with E-state index < -0.39 is 0 Å². The first-order chi connectivity index (χ1) is 19.6. The van der Waals surface area contributed by atoms with Gasteiger partial charge in [-0.1, -0.05) is 31.2 Å². The average molecular weight is 560 g/mol. The highest BCUT2D eigenvalue weighted by atomic mass is 16.5. The van der Waals surface area contributed by atoms with E-state index in [0.29, 0.717) is 47.9 Å². The molecule has 0 spiro atoms. The Balaban J connectivity index is 1.47. The minimum Gasteiger partial charge on any atom is -0.488 e. The number of hydrogen-bond acceptors (Lipinski definition) is 7. The third-order valence-electron chi connectivity index (χ3n) is 7.53. The van der Waals surface area contributed by atoms with Gasteiger partial charge in [-0.15, -0.1) is 0 Å². The second-order valence-corrected chi connectivity index (χ2v) is 11.1. The van der Waals surface area contributed by atoms with Gasteiger partial charge in [0.15, 0.2) is 0 Å². The number of rotatable bonds is 9. The van der Waals surface area contributed by atoms with E-state index in [-0.39, 0.29) is 36.5 Å². The zero-order chi connectivity index (χ0) is 29.7. The molecule has 9 nitrogen and oxygen atoms in total. The van der Waals surface area contributed by atoms with Crippen LogP contribution < -0.4 is 20.7 Å². The number of para-hydroxylation sites is 2. The van der Waals surface area contributed by atoms with Gasteiger partial charge in [0.1, 0.15) is 11.9 Å². The van der Waals surface area contributed by atoms with Crippen molar-refractivity contribution in [1.29, 1.82) is 0 Å². The lowest BCUT2D eigenvalue weighted by Gasteiger charge is -2.38. The number of anilines is 3. The minimum atomic E-state index is -0.314. The first-order valence-corrected chi connectivity index (χ1v) is 13.9. The van der Waals surface area contributed by atoms with Crippen LogP contribution in [-0.4, -0.2) is 79.7 Å². The van der Waals surface area contributed by atoms with Crippen molar-refractivity contribution in [2.45, 2.75) is 32.5 Å². The van der Waals surface area contributed by atoms with Gasteiger partial charge in [0.2, 0.25) is 0 Å². The predicted octanol–water partition coefficient (Wildman–Crippen LogP) is 3.94. The quantitative estimate of drug-likeness (QED) is 0.341. The predicted molar refractivity (Wildman–Crippen MR) is 164 cm³/mol. The van der Waals surface area contributed by atoms with Crippen LogP contribution in [0.5, 0.6) is 5.75 Å². The summed E-state index contributed by atoms with van der Waals surface area (Å²) in [5.41, 5.74) is 10.1. The number of nitrogens with one attached hydrogen (secondary N) is 1. The summed E-state index contributed by atoms with van der Waals surface area (Å²) >= 11 is 0. The SMILES string of the molecule is C[C@H](CO)N1C[C@H](C)[C@@H](CN(C)Cc2ccc(C(=O)Nc3ccccc3N)cc2)Oc2ccc(N(C)C)cc2C1=O. The number of aliphatic hydroxyl groups excluding tert-OH is 1. The van der Waals surface area contributed by atoms with Crippen molar-refractivity contribution in [1.82, 2.24) is 9.80 Å². The molecule has 3 atom stereocenters. The number of aliphatic hydroxyl groups is 1. The lowest BCUT2D eigenvalue weighted by Crippen LogP contribution is -2.49. The van der Waals surface area contributed by atoms with E-state index in [1.165, 1.54) is 0 Å². The van der Waals surface area contributed by atoms with Crippen molar-refractivity contribution in [3.05, 3.63) is 83.4 Å². The van der Waals surface area contributed by atoms with Crippen molar-refractivity contribution in [2.75, 3.05) is 56.8 Å². The molecular weight excluding hydrogens is 518 g/mol. The second-order valence-electron chi connectivity index (χ2n) is 11.1. The number of nitrogens with zero attached hydrogens (tertiary/aromatic N) is 3. The highest BCUT2D eigenvalue weighted by molar-refractivity contribution is 6.05. The molecule has 0 aromatic heterocycles. The number of likely N-dealkylation sites (N-methyl/N-ethyl adjacent to an activating group) is 1. The molecule has 4 N–H and O–H groups in total. The summed E-state index contributed by atoms with van der Waals surface area (Å²) in [6, 6.07) is 20.0. The summed E-state index contributed by atoms with van der Waals surface area (Å²) in [6.07, 6.45) is -0.188. The van der Waals surface area contributed by atoms with Crippen LogP contribution in [0.25, 0.3) is 0 Å². The Labute approximate surface area is 242 Å². The second kappa shape index (κ2) is 13.1. The topological polar surface area (TPSA) is 111 Å². The highest BCUT2D eigenvalue weighted by Gasteiger charge is 2.33. The van der Waals surface area contributed by atoms with Crippen LogP contribution in [0.3, 0.4) is 0 Å². The maximum absolute atomic E-state index is 13.5. The van der Waals surface area contributed by atoms with Crippen molar-refractivity contribution in [3.8, 4) is 5.75 Å². The summed E-state index contributed by atoms with van der Waals surface area (Å²) in [7, 11) is 5.90. The summed E-state index contributed by atoms with van der Waals surface area (Å²) in [5, 5.41) is 12.7. The van der Waals surface area contributed by atoms with Crippen LogP contribution in [-0.2, 0) is 6.54 Å². The van der Waals surface area contributed by atoms with Gasteiger partial charge in [-0.2, -0.15) is 0 Å². The van der Waals surface area contributed by atoms with Crippen LogP contribution in [0.2, 0.25) is 0 Å². The standard InChI is InChI=1S/C32H41N5O4/c1-21-17-37(22(2)20-38)32(40)26-16-25(35(3)4)14-15-29(26)41-30(21)19-36(5)18-23-10-12-24(13-11-23)31(39)34-28-9-7-6-8-27(28)33/h6-16,21-22,30,38H,17-20,33H2,1-5H3,(H,34,39)/t21-,22+,30+/m0/s1. The minimum absolute atomic E-state index is 0.0218. The molecule has 0 fully saturated rings. The Kier molecular flexibility index (Phi) is 9.52. The van der Waals surface area contributed by atoms with E-state index in [1.54, 1.807) is 17.0 Å². The molecule has 2 amide bonds. The molecule has 0 unspecified atom stereocenters. The third kappa shape index (κ3) is 7.17. The van der Waals surface area contributed by atoms with Crippen LogP contribution in [0, 0.1) is 5.92 Å². The number of carbonyl (C=O) groups excluding carboxylic acids is 2. The van der Waals surface area contributed by atoms with E-state index in [1.807, 2.05) is 87.6 Å². The fourth-order valence-electron chi connectivity index (χ4n) is 4.96. The Bertz CT molecular complexity index is 1360. The average Bonchev–Trinajstić information content (AvgIpc) is 2.95. The molecule has 1 aliphatic heterocycles. The van der Waals surface area contributed by atoms with Gasteiger partial charge < -0.3 is 30.7 Å². The molecule has 3 aromatic carbocycles. The highest BCUT2D eigenvalue weighted by Crippen LogP contribution is 2.31. The third-order valence-corrected chi connectivity index (χ3v) is 7.53. The van der Waals surface area contributed by atoms with Crippen LogP contribution in [0.15, 0.2) is 66.7 Å². The molecule has 1 aliphatic rings. The number of fused-ring (bicyclic) bond motifs is 1. The van der Waals surface area contributed by atoms with E-state index in [4.69, 9.17) is 10.5 Å². The number of nitrogen functional groups attached to an aromatic ring is 1. The van der Waals surface area contributed by atoms with Crippen LogP contribution >= 0.6 is 0 Å². The Morgan fingerprint density at radius 1 is 1.12 bits per heavy atom. The summed E-state index contributed by atoms with van der Waals surface area (Å²) in [5.74, 6) is 0.221. The molecule has 9 heteroatoms. The molecule has 41 heavy (non-hydrogen) atoms. The Morgan fingerprint density at radius 2 is 1.83 bits per heavy atom. The molecular formula is C32H41N5O4. The van der Waals surface area contributed by atoms with Gasteiger partial charge in [0.25, 0.3) is 11.8 Å². The van der Waals surface area contributed by atoms with Gasteiger partial charge in [0, 0.05) is 50.9 Å². The van der Waals surface area contributed by atoms with E-state index in [0.717, 1.165) is 11.3 Å². The lowest BCUT2D eigenvalue weighted by atomic mass is 9.99. The van der Waals surface area contributed by atoms with E-state index in [9.17, 15) is 14.7 Å². The largest absolute Gasteiger partial charge is 0.488 e. The molecule has 218 valence electrons. The van der Waals surface area contributed by atoms with Crippen molar-refractivity contribution in [3.63, 3.8) is 0 Å². The zero-order valence-corrected chi connectivity index (χ0v) is 24.5. The number of amides is 2. The smallest absolute Gasteiger partial charge is 0.258 e. The zero-order valence-electron chi connectivity index (χ0n) is 24.5. The summed E-state index contributed by atoms with van der Waals surface area (Å²) < 4.78 is 6.51. The number of ether oxygens (including phenoxy) is 1. The van der Waals surface area contributed by atoms with Crippen molar-refractivity contribution < 1.29 is 19.4 Å². The first-order valence-electron chi connectivity index (χ1n) is 13.9. The molecule has 0 radical (unpaired) electrons. The van der Waals surface area contributed by atoms with E-state index >= 15 is 0 Å². The molecule has 3 aromatic rings. The maximum Gasteiger partial charge on any atom is 0.258 e. The number of hydrogen-bond donors (Lipinski definition) is 3. The van der Waals surface area contributed by atoms with E-state index in [2.05, 4.69) is 17.1 Å². The maximum atomic E-state index is 13.5. The van der Waals surface area contributed by atoms with Gasteiger partial charge in [-0.25, -0.2) is 0 Å². The van der Waals surface area contributed by atoms with Gasteiger partial charge in [-0.3, -0.25) is 14.5 Å². The molecule has 0 aliphatic carbocycles. The molecule has 0 bridgehead atoms. The monoisotopic (exact) mass is 559 g/mol. The number of benzene rings is 3. The first kappa shape index (κ1) is 29.9. The van der Waals surface area contributed by atoms with Gasteiger partial charge >= 0.3 is 0 Å². The van der Waals surface area contributed by atoms with Crippen molar-refractivity contribution >= 4 is 28.9 Å². The summed E-state index contributed by atoms with van der Waals surface area (Å²) in [4.78, 5) is 32.1. The van der Waals surface area contributed by atoms with Gasteiger partial charge in [0.05, 0.1) is 29.6 Å². The molecule has 1 heterocycles. The number of nitrogens with two attached hydrogens (primary N) is 1. The van der Waals surface area contributed by atoms with Gasteiger partial charge in [-0.05, 0) is 62.0 Å². The Hall–Kier alpha value is -4.08. The number of carbonyl (C=O) groups is 2. The summed E-state index contributed by atoms with van der Waals surface area (Å²) in [6.45, 7) is 5.58. The fraction of sp³-hybridized carbons (Fsp3) is 0.375. The molecule has 0 saturated heterocycles. The normalized spacial score (nSPS) is 17.7. The Morgan fingerprint density at radius 3 is 2.49 bits per heavy atom. The fourth-order valence-corrected chi connectivity index (χ4v) is 4.96. The van der Waals surface area contributed by atoms with Crippen LogP contribution in [0.1, 0.15) is 40.1 Å². The lowest BCUT2D eigenvalue weighted by molar-refractivity contribution is 0.0341.